The topological polar surface area (TPSA) is 58.4 Å². The van der Waals surface area contributed by atoms with Crippen LogP contribution in [0.5, 0.6) is 0 Å². The number of nitrogens with one attached hydrogen (secondary N) is 1. The number of carbonyl (C=O) groups excluding carboxylic acids is 1. The molecule has 0 spiro atoms. The van der Waals surface area contributed by atoms with Crippen molar-refractivity contribution in [2.24, 2.45) is 11.1 Å². The Morgan fingerprint density at radius 1 is 1.52 bits per heavy atom. The monoisotopic (exact) mass is 375 g/mol. The predicted molar refractivity (Wildman–Crippen MR) is 92.8 cm³/mol. The van der Waals surface area contributed by atoms with Crippen molar-refractivity contribution in [1.29, 1.82) is 0 Å². The lowest BCUT2D eigenvalue weighted by Crippen LogP contribution is -2.42. The SMILES string of the molecule is CC(C(=O)Nc1ccccc1Br)N1CCC(C)(CN)C1.Cl. The molecule has 0 aliphatic carbocycles. The molecule has 1 aromatic rings. The van der Waals surface area contributed by atoms with E-state index in [1.54, 1.807) is 0 Å². The Morgan fingerprint density at radius 2 is 2.19 bits per heavy atom. The number of hydrogen-bond acceptors (Lipinski definition) is 3. The fourth-order valence-electron chi connectivity index (χ4n) is 2.52. The summed E-state index contributed by atoms with van der Waals surface area (Å²) in [6.07, 6.45) is 1.05. The summed E-state index contributed by atoms with van der Waals surface area (Å²) in [5.74, 6) is 0.0261. The smallest absolute Gasteiger partial charge is 0.241 e. The number of anilines is 1. The molecule has 1 aliphatic rings. The molecule has 1 amide bonds. The molecule has 1 fully saturated rings. The number of amides is 1. The van der Waals surface area contributed by atoms with E-state index in [4.69, 9.17) is 5.73 Å². The van der Waals surface area contributed by atoms with E-state index in [0.29, 0.717) is 6.54 Å². The van der Waals surface area contributed by atoms with Crippen LogP contribution in [0.25, 0.3) is 0 Å². The average Bonchev–Trinajstić information content (AvgIpc) is 2.84. The highest BCUT2D eigenvalue weighted by atomic mass is 79.9. The maximum atomic E-state index is 12.3. The van der Waals surface area contributed by atoms with Gasteiger partial charge in [0.2, 0.25) is 5.91 Å². The van der Waals surface area contributed by atoms with Crippen LogP contribution in [0.1, 0.15) is 20.3 Å². The number of nitrogens with two attached hydrogens (primary N) is 1. The van der Waals surface area contributed by atoms with Crippen molar-refractivity contribution in [3.63, 3.8) is 0 Å². The van der Waals surface area contributed by atoms with Crippen LogP contribution in [0, 0.1) is 5.41 Å². The highest BCUT2D eigenvalue weighted by molar-refractivity contribution is 9.10. The van der Waals surface area contributed by atoms with Crippen LogP contribution in [0.3, 0.4) is 0 Å². The number of nitrogens with zero attached hydrogens (tertiary/aromatic N) is 1. The van der Waals surface area contributed by atoms with Gasteiger partial charge < -0.3 is 11.1 Å². The molecule has 2 atom stereocenters. The van der Waals surface area contributed by atoms with E-state index < -0.39 is 0 Å². The van der Waals surface area contributed by atoms with Gasteiger partial charge in [-0.05, 0) is 59.9 Å². The molecule has 1 saturated heterocycles. The molecule has 6 heteroatoms. The second-order valence-corrected chi connectivity index (χ2v) is 6.73. The van der Waals surface area contributed by atoms with Gasteiger partial charge in [0.1, 0.15) is 0 Å². The van der Waals surface area contributed by atoms with Gasteiger partial charge in [0.15, 0.2) is 0 Å². The van der Waals surface area contributed by atoms with Crippen LogP contribution >= 0.6 is 28.3 Å². The maximum Gasteiger partial charge on any atom is 0.241 e. The first-order valence-electron chi connectivity index (χ1n) is 6.95. The van der Waals surface area contributed by atoms with Gasteiger partial charge >= 0.3 is 0 Å². The molecule has 118 valence electrons. The number of likely N-dealkylation sites (tertiary alicyclic amines) is 1. The summed E-state index contributed by atoms with van der Waals surface area (Å²) in [5.41, 5.74) is 6.77. The zero-order valence-electron chi connectivity index (χ0n) is 12.4. The fraction of sp³-hybridized carbons (Fsp3) is 0.533. The fourth-order valence-corrected chi connectivity index (χ4v) is 2.91. The van der Waals surface area contributed by atoms with E-state index in [1.807, 2.05) is 31.2 Å². The van der Waals surface area contributed by atoms with Crippen molar-refractivity contribution < 1.29 is 4.79 Å². The van der Waals surface area contributed by atoms with Crippen molar-refractivity contribution in [2.75, 3.05) is 25.0 Å². The van der Waals surface area contributed by atoms with Crippen molar-refractivity contribution in [2.45, 2.75) is 26.3 Å². The van der Waals surface area contributed by atoms with Crippen LogP contribution in [0.15, 0.2) is 28.7 Å². The predicted octanol–water partition coefficient (Wildman–Crippen LogP) is 2.87. The molecule has 0 aromatic heterocycles. The van der Waals surface area contributed by atoms with Crippen LogP contribution < -0.4 is 11.1 Å². The molecule has 0 bridgehead atoms. The number of hydrogen-bond donors (Lipinski definition) is 2. The first-order chi connectivity index (χ1) is 9.45. The van der Waals surface area contributed by atoms with Crippen molar-refractivity contribution in [3.8, 4) is 0 Å². The third-order valence-electron chi connectivity index (χ3n) is 4.14. The standard InChI is InChI=1S/C15H22BrN3O.ClH/c1-11(19-8-7-15(2,9-17)10-19)14(20)18-13-6-4-3-5-12(13)16;/h3-6,11H,7-10,17H2,1-2H3,(H,18,20);1H. The number of benzene rings is 1. The van der Waals surface area contributed by atoms with Gasteiger partial charge in [0.05, 0.1) is 11.7 Å². The lowest BCUT2D eigenvalue weighted by molar-refractivity contribution is -0.120. The van der Waals surface area contributed by atoms with Gasteiger partial charge in [-0.1, -0.05) is 19.1 Å². The third-order valence-corrected chi connectivity index (χ3v) is 4.83. The summed E-state index contributed by atoms with van der Waals surface area (Å²) in [4.78, 5) is 14.6. The minimum Gasteiger partial charge on any atom is -0.330 e. The Balaban J connectivity index is 0.00000220. The summed E-state index contributed by atoms with van der Waals surface area (Å²) in [6.45, 7) is 6.62. The molecule has 2 rings (SSSR count). The van der Waals surface area contributed by atoms with E-state index >= 15 is 0 Å². The van der Waals surface area contributed by atoms with Crippen molar-refractivity contribution in [3.05, 3.63) is 28.7 Å². The van der Waals surface area contributed by atoms with Gasteiger partial charge in [-0.3, -0.25) is 9.69 Å². The second kappa shape index (κ2) is 7.58. The number of rotatable bonds is 4. The van der Waals surface area contributed by atoms with E-state index in [-0.39, 0.29) is 29.8 Å². The molecular weight excluding hydrogens is 354 g/mol. The highest BCUT2D eigenvalue weighted by Crippen LogP contribution is 2.30. The molecule has 21 heavy (non-hydrogen) atoms. The Hall–Kier alpha value is -0.620. The Kier molecular flexibility index (Phi) is 6.66. The summed E-state index contributed by atoms with van der Waals surface area (Å²) >= 11 is 3.44. The zero-order chi connectivity index (χ0) is 14.8. The van der Waals surface area contributed by atoms with E-state index in [2.05, 4.69) is 33.1 Å². The molecule has 3 N–H and O–H groups in total. The van der Waals surface area contributed by atoms with Crippen LogP contribution in [-0.2, 0) is 4.79 Å². The van der Waals surface area contributed by atoms with Gasteiger partial charge in [0.25, 0.3) is 0 Å². The first-order valence-corrected chi connectivity index (χ1v) is 7.74. The normalized spacial score (nSPS) is 23.4. The van der Waals surface area contributed by atoms with Crippen LogP contribution in [0.2, 0.25) is 0 Å². The molecule has 1 aliphatic heterocycles. The molecular formula is C15H23BrClN3O. The minimum atomic E-state index is -0.143. The third kappa shape index (κ3) is 4.42. The summed E-state index contributed by atoms with van der Waals surface area (Å²) in [7, 11) is 0. The summed E-state index contributed by atoms with van der Waals surface area (Å²) < 4.78 is 0.897. The lowest BCUT2D eigenvalue weighted by Gasteiger charge is -2.26. The molecule has 4 nitrogen and oxygen atoms in total. The van der Waals surface area contributed by atoms with Gasteiger partial charge in [-0.25, -0.2) is 0 Å². The Morgan fingerprint density at radius 3 is 2.76 bits per heavy atom. The molecule has 0 saturated carbocycles. The zero-order valence-corrected chi connectivity index (χ0v) is 14.8. The van der Waals surface area contributed by atoms with Crippen LogP contribution in [-0.4, -0.2) is 36.5 Å². The summed E-state index contributed by atoms with van der Waals surface area (Å²) in [5, 5.41) is 2.97. The van der Waals surface area contributed by atoms with Crippen LogP contribution in [0.4, 0.5) is 5.69 Å². The second-order valence-electron chi connectivity index (χ2n) is 5.88. The quantitative estimate of drug-likeness (QED) is 0.849. The average molecular weight is 377 g/mol. The van der Waals surface area contributed by atoms with E-state index in [9.17, 15) is 4.79 Å². The molecule has 2 unspecified atom stereocenters. The van der Waals surface area contributed by atoms with Crippen molar-refractivity contribution >= 4 is 39.9 Å². The number of para-hydroxylation sites is 1. The highest BCUT2D eigenvalue weighted by Gasteiger charge is 2.36. The van der Waals surface area contributed by atoms with E-state index in [0.717, 1.165) is 29.7 Å². The first kappa shape index (κ1) is 18.4. The van der Waals surface area contributed by atoms with Gasteiger partial charge in [0, 0.05) is 11.0 Å². The lowest BCUT2D eigenvalue weighted by atomic mass is 9.90. The Bertz CT molecular complexity index is 500. The van der Waals surface area contributed by atoms with Gasteiger partial charge in [-0.2, -0.15) is 0 Å². The largest absolute Gasteiger partial charge is 0.330 e. The van der Waals surface area contributed by atoms with Gasteiger partial charge in [-0.15, -0.1) is 12.4 Å². The van der Waals surface area contributed by atoms with Crippen molar-refractivity contribution in [1.82, 2.24) is 4.90 Å². The molecule has 1 heterocycles. The number of carbonyl (C=O) groups is 1. The minimum absolute atomic E-state index is 0. The Labute approximate surface area is 141 Å². The molecule has 1 aromatic carbocycles. The number of halogens is 2. The maximum absolute atomic E-state index is 12.3. The summed E-state index contributed by atoms with van der Waals surface area (Å²) in [6, 6.07) is 7.50. The molecule has 0 radical (unpaired) electrons. The van der Waals surface area contributed by atoms with E-state index in [1.165, 1.54) is 0 Å².